The lowest BCUT2D eigenvalue weighted by Crippen LogP contribution is -2.27. The van der Waals surface area contributed by atoms with Gasteiger partial charge in [0.2, 0.25) is 5.91 Å². The Morgan fingerprint density at radius 2 is 1.87 bits per heavy atom. The molecular formula is C24H30N4O2S. The van der Waals surface area contributed by atoms with Crippen molar-refractivity contribution < 1.29 is 9.53 Å². The van der Waals surface area contributed by atoms with Crippen molar-refractivity contribution in [2.45, 2.75) is 38.3 Å². The number of nitrogens with zero attached hydrogens (tertiary/aromatic N) is 3. The number of thioether (sulfide) groups is 1. The molecular weight excluding hydrogens is 408 g/mol. The van der Waals surface area contributed by atoms with E-state index in [1.807, 2.05) is 6.07 Å². The number of ether oxygens (including phenoxy) is 1. The summed E-state index contributed by atoms with van der Waals surface area (Å²) in [6.45, 7) is 5.46. The van der Waals surface area contributed by atoms with Gasteiger partial charge in [-0.25, -0.2) is 0 Å². The quantitative estimate of drug-likeness (QED) is 0.363. The lowest BCUT2D eigenvalue weighted by atomic mass is 10.1. The molecule has 31 heavy (non-hydrogen) atoms. The van der Waals surface area contributed by atoms with Crippen molar-refractivity contribution in [3.8, 4) is 5.69 Å². The molecule has 6 nitrogen and oxygen atoms in total. The van der Waals surface area contributed by atoms with Crippen LogP contribution in [0.25, 0.3) is 5.69 Å². The van der Waals surface area contributed by atoms with Gasteiger partial charge >= 0.3 is 0 Å². The van der Waals surface area contributed by atoms with Crippen LogP contribution in [0, 0.1) is 13.8 Å². The molecule has 3 rings (SSSR count). The van der Waals surface area contributed by atoms with E-state index >= 15 is 0 Å². The van der Waals surface area contributed by atoms with Crippen molar-refractivity contribution >= 4 is 17.7 Å². The van der Waals surface area contributed by atoms with Crippen molar-refractivity contribution in [2.75, 3.05) is 26.0 Å². The topological polar surface area (TPSA) is 69.0 Å². The predicted octanol–water partition coefficient (Wildman–Crippen LogP) is 3.91. The van der Waals surface area contributed by atoms with Gasteiger partial charge in [-0.1, -0.05) is 48.2 Å². The number of hydrogen-bond acceptors (Lipinski definition) is 5. The molecule has 0 saturated carbocycles. The zero-order valence-corrected chi connectivity index (χ0v) is 19.2. The Bertz CT molecular complexity index is 988. The summed E-state index contributed by atoms with van der Waals surface area (Å²) in [5.74, 6) is 1.19. The summed E-state index contributed by atoms with van der Waals surface area (Å²) in [7, 11) is 1.66. The van der Waals surface area contributed by atoms with Gasteiger partial charge in [-0.15, -0.1) is 10.2 Å². The first kappa shape index (κ1) is 23.0. The minimum atomic E-state index is -0.0124. The monoisotopic (exact) mass is 438 g/mol. The lowest BCUT2D eigenvalue weighted by Gasteiger charge is -2.12. The molecule has 0 fully saturated rings. The van der Waals surface area contributed by atoms with Crippen molar-refractivity contribution in [1.29, 1.82) is 0 Å². The molecule has 1 heterocycles. The highest BCUT2D eigenvalue weighted by atomic mass is 32.2. The van der Waals surface area contributed by atoms with E-state index in [-0.39, 0.29) is 5.91 Å². The van der Waals surface area contributed by atoms with Crippen LogP contribution in [0.3, 0.4) is 0 Å². The molecule has 0 aliphatic rings. The van der Waals surface area contributed by atoms with Crippen molar-refractivity contribution in [3.63, 3.8) is 0 Å². The van der Waals surface area contributed by atoms with E-state index in [1.165, 1.54) is 28.5 Å². The predicted molar refractivity (Wildman–Crippen MR) is 125 cm³/mol. The van der Waals surface area contributed by atoms with Gasteiger partial charge in [-0.05, 0) is 55.5 Å². The van der Waals surface area contributed by atoms with E-state index in [0.717, 1.165) is 35.9 Å². The molecule has 0 aliphatic heterocycles. The average Bonchev–Trinajstić information content (AvgIpc) is 3.19. The van der Waals surface area contributed by atoms with Gasteiger partial charge in [0, 0.05) is 32.4 Å². The second-order valence-corrected chi connectivity index (χ2v) is 8.42. The summed E-state index contributed by atoms with van der Waals surface area (Å²) in [6.07, 6.45) is 2.46. The number of hydrogen-bond donors (Lipinski definition) is 1. The van der Waals surface area contributed by atoms with E-state index in [1.54, 1.807) is 7.11 Å². The van der Waals surface area contributed by atoms with E-state index < -0.39 is 0 Å². The van der Waals surface area contributed by atoms with Crippen LogP contribution in [-0.2, 0) is 22.4 Å². The molecule has 0 bridgehead atoms. The first-order valence-electron chi connectivity index (χ1n) is 10.5. The van der Waals surface area contributed by atoms with Crippen molar-refractivity contribution in [1.82, 2.24) is 20.1 Å². The van der Waals surface area contributed by atoms with Gasteiger partial charge in [0.05, 0.1) is 5.75 Å². The molecule has 0 saturated heterocycles. The third kappa shape index (κ3) is 6.67. The number of aromatic nitrogens is 3. The summed E-state index contributed by atoms with van der Waals surface area (Å²) in [5.41, 5.74) is 4.75. The minimum absolute atomic E-state index is 0.0124. The molecule has 1 N–H and O–H groups in total. The third-order valence-corrected chi connectivity index (χ3v) is 6.04. The first-order valence-corrected chi connectivity index (χ1v) is 11.5. The van der Waals surface area contributed by atoms with E-state index in [9.17, 15) is 4.79 Å². The van der Waals surface area contributed by atoms with Gasteiger partial charge in [0.25, 0.3) is 0 Å². The molecule has 1 amide bonds. The second kappa shape index (κ2) is 11.7. The molecule has 0 atom stereocenters. The Hall–Kier alpha value is -2.64. The van der Waals surface area contributed by atoms with Crippen LogP contribution in [0.15, 0.2) is 53.7 Å². The SMILES string of the molecule is COCCCNC(=O)CSc1nnc(CCc2ccccc2)n1-c1ccc(C)c(C)c1. The zero-order valence-electron chi connectivity index (χ0n) is 18.4. The summed E-state index contributed by atoms with van der Waals surface area (Å²) in [4.78, 5) is 12.2. The Labute approximate surface area is 188 Å². The third-order valence-electron chi connectivity index (χ3n) is 5.11. The molecule has 3 aromatic rings. The molecule has 0 radical (unpaired) electrons. The Kier molecular flexibility index (Phi) is 8.67. The average molecular weight is 439 g/mol. The van der Waals surface area contributed by atoms with Crippen molar-refractivity contribution in [3.05, 3.63) is 71.0 Å². The van der Waals surface area contributed by atoms with Gasteiger partial charge in [0.15, 0.2) is 5.16 Å². The first-order chi connectivity index (χ1) is 15.1. The summed E-state index contributed by atoms with van der Waals surface area (Å²) >= 11 is 1.41. The van der Waals surface area contributed by atoms with Gasteiger partial charge in [-0.2, -0.15) is 0 Å². The van der Waals surface area contributed by atoms with Gasteiger partial charge in [0.1, 0.15) is 5.82 Å². The van der Waals surface area contributed by atoms with Crippen LogP contribution < -0.4 is 5.32 Å². The van der Waals surface area contributed by atoms with Gasteiger partial charge in [-0.3, -0.25) is 9.36 Å². The van der Waals surface area contributed by atoms with Crippen LogP contribution in [-0.4, -0.2) is 46.7 Å². The highest BCUT2D eigenvalue weighted by Gasteiger charge is 2.16. The van der Waals surface area contributed by atoms with Crippen LogP contribution >= 0.6 is 11.8 Å². The number of amides is 1. The maximum atomic E-state index is 12.2. The number of methoxy groups -OCH3 is 1. The molecule has 0 aliphatic carbocycles. The maximum absolute atomic E-state index is 12.2. The number of carbonyl (C=O) groups is 1. The standard InChI is InChI=1S/C24H30N4O2S/c1-18-10-12-21(16-19(18)2)28-22(13-11-20-8-5-4-6-9-20)26-27-24(28)31-17-23(29)25-14-7-15-30-3/h4-6,8-10,12,16H,7,11,13-15,17H2,1-3H3,(H,25,29). The smallest absolute Gasteiger partial charge is 0.230 e. The van der Waals surface area contributed by atoms with E-state index in [0.29, 0.717) is 18.9 Å². The van der Waals surface area contributed by atoms with Crippen molar-refractivity contribution in [2.24, 2.45) is 0 Å². The maximum Gasteiger partial charge on any atom is 0.230 e. The Balaban J connectivity index is 1.75. The molecule has 0 spiro atoms. The number of carbonyl (C=O) groups excluding carboxylic acids is 1. The van der Waals surface area contributed by atoms with Crippen LogP contribution in [0.4, 0.5) is 0 Å². The van der Waals surface area contributed by atoms with E-state index in [4.69, 9.17) is 4.74 Å². The number of benzene rings is 2. The Morgan fingerprint density at radius 3 is 2.61 bits per heavy atom. The van der Waals surface area contributed by atoms with E-state index in [2.05, 4.69) is 76.4 Å². The number of aryl methyl sites for hydroxylation is 4. The largest absolute Gasteiger partial charge is 0.385 e. The summed E-state index contributed by atoms with van der Waals surface area (Å²) in [5, 5.41) is 12.5. The molecule has 7 heteroatoms. The summed E-state index contributed by atoms with van der Waals surface area (Å²) < 4.78 is 7.10. The fourth-order valence-corrected chi connectivity index (χ4v) is 4.01. The molecule has 1 aromatic heterocycles. The molecule has 0 unspecified atom stereocenters. The fraction of sp³-hybridized carbons (Fsp3) is 0.375. The number of rotatable bonds is 11. The Morgan fingerprint density at radius 1 is 1.06 bits per heavy atom. The van der Waals surface area contributed by atoms with Crippen LogP contribution in [0.2, 0.25) is 0 Å². The highest BCUT2D eigenvalue weighted by molar-refractivity contribution is 7.99. The summed E-state index contributed by atoms with van der Waals surface area (Å²) in [6, 6.07) is 16.7. The zero-order chi connectivity index (χ0) is 22.1. The van der Waals surface area contributed by atoms with Gasteiger partial charge < -0.3 is 10.1 Å². The van der Waals surface area contributed by atoms with Crippen LogP contribution in [0.1, 0.15) is 28.9 Å². The normalized spacial score (nSPS) is 10.9. The highest BCUT2D eigenvalue weighted by Crippen LogP contribution is 2.24. The minimum Gasteiger partial charge on any atom is -0.385 e. The number of nitrogens with one attached hydrogen (secondary N) is 1. The molecule has 2 aromatic carbocycles. The van der Waals surface area contributed by atoms with Crippen LogP contribution in [0.5, 0.6) is 0 Å². The fourth-order valence-electron chi connectivity index (χ4n) is 3.21. The lowest BCUT2D eigenvalue weighted by molar-refractivity contribution is -0.118. The second-order valence-electron chi connectivity index (χ2n) is 7.47. The molecule has 164 valence electrons.